The molecule has 0 spiro atoms. The average molecular weight is 272 g/mol. The molecule has 18 heavy (non-hydrogen) atoms. The van der Waals surface area contributed by atoms with Gasteiger partial charge in [0.05, 0.1) is 24.9 Å². The Morgan fingerprint density at radius 1 is 1.22 bits per heavy atom. The molecular weight excluding hydrogens is 250 g/mol. The smallest absolute Gasteiger partial charge is 0.145 e. The Hall–Kier alpha value is -1.09. The molecule has 0 aromatic heterocycles. The highest BCUT2D eigenvalue weighted by Gasteiger charge is 2.11. The maximum absolute atomic E-state index is 6.13. The van der Waals surface area contributed by atoms with Gasteiger partial charge in [-0.15, -0.1) is 0 Å². The SMILES string of the molecule is CCCCC(C)Nc1cc(Cl)c(OC)cc1OC. The van der Waals surface area contributed by atoms with Gasteiger partial charge in [-0.25, -0.2) is 0 Å². The van der Waals surface area contributed by atoms with Crippen molar-refractivity contribution in [2.24, 2.45) is 0 Å². The number of nitrogens with one attached hydrogen (secondary N) is 1. The third-order valence-electron chi connectivity index (χ3n) is 2.87. The van der Waals surface area contributed by atoms with Crippen LogP contribution in [0.15, 0.2) is 12.1 Å². The summed E-state index contributed by atoms with van der Waals surface area (Å²) in [5.41, 5.74) is 0.909. The van der Waals surface area contributed by atoms with Crippen molar-refractivity contribution in [2.75, 3.05) is 19.5 Å². The van der Waals surface area contributed by atoms with Gasteiger partial charge in [0.1, 0.15) is 11.5 Å². The molecule has 1 atom stereocenters. The van der Waals surface area contributed by atoms with Gasteiger partial charge in [-0.2, -0.15) is 0 Å². The lowest BCUT2D eigenvalue weighted by molar-refractivity contribution is 0.395. The summed E-state index contributed by atoms with van der Waals surface area (Å²) in [5.74, 6) is 1.37. The fourth-order valence-electron chi connectivity index (χ4n) is 1.82. The van der Waals surface area contributed by atoms with E-state index in [0.717, 1.165) is 17.9 Å². The van der Waals surface area contributed by atoms with Crippen molar-refractivity contribution >= 4 is 17.3 Å². The topological polar surface area (TPSA) is 30.5 Å². The second-order valence-corrected chi connectivity index (χ2v) is 4.78. The summed E-state index contributed by atoms with van der Waals surface area (Å²) in [4.78, 5) is 0. The minimum Gasteiger partial charge on any atom is -0.495 e. The third-order valence-corrected chi connectivity index (χ3v) is 3.16. The molecule has 3 nitrogen and oxygen atoms in total. The van der Waals surface area contributed by atoms with Gasteiger partial charge < -0.3 is 14.8 Å². The molecule has 0 saturated carbocycles. The van der Waals surface area contributed by atoms with E-state index in [-0.39, 0.29) is 0 Å². The van der Waals surface area contributed by atoms with Crippen LogP contribution < -0.4 is 14.8 Å². The first-order valence-corrected chi connectivity index (χ1v) is 6.68. The van der Waals surface area contributed by atoms with E-state index in [1.807, 2.05) is 6.07 Å². The zero-order chi connectivity index (χ0) is 13.5. The van der Waals surface area contributed by atoms with Crippen LogP contribution in [0.4, 0.5) is 5.69 Å². The molecule has 0 fully saturated rings. The predicted molar refractivity (Wildman–Crippen MR) is 77.2 cm³/mol. The van der Waals surface area contributed by atoms with Gasteiger partial charge in [0.15, 0.2) is 0 Å². The maximum Gasteiger partial charge on any atom is 0.145 e. The van der Waals surface area contributed by atoms with Gasteiger partial charge >= 0.3 is 0 Å². The van der Waals surface area contributed by atoms with Crippen LogP contribution in [-0.4, -0.2) is 20.3 Å². The number of hydrogen-bond acceptors (Lipinski definition) is 3. The molecular formula is C14H22ClNO2. The van der Waals surface area contributed by atoms with E-state index < -0.39 is 0 Å². The summed E-state index contributed by atoms with van der Waals surface area (Å²) < 4.78 is 10.5. The van der Waals surface area contributed by atoms with Gasteiger partial charge in [0.25, 0.3) is 0 Å². The van der Waals surface area contributed by atoms with Gasteiger partial charge in [-0.1, -0.05) is 31.4 Å². The van der Waals surface area contributed by atoms with E-state index in [2.05, 4.69) is 19.2 Å². The van der Waals surface area contributed by atoms with Crippen molar-refractivity contribution in [3.63, 3.8) is 0 Å². The fourth-order valence-corrected chi connectivity index (χ4v) is 2.06. The van der Waals surface area contributed by atoms with E-state index in [0.29, 0.717) is 16.8 Å². The largest absolute Gasteiger partial charge is 0.495 e. The Bertz CT molecular complexity index is 382. The molecule has 0 heterocycles. The second kappa shape index (κ2) is 7.37. The van der Waals surface area contributed by atoms with Crippen LogP contribution in [0.3, 0.4) is 0 Å². The monoisotopic (exact) mass is 271 g/mol. The van der Waals surface area contributed by atoms with Crippen molar-refractivity contribution in [2.45, 2.75) is 39.2 Å². The van der Waals surface area contributed by atoms with Crippen LogP contribution >= 0.6 is 11.6 Å². The zero-order valence-electron chi connectivity index (χ0n) is 11.5. The van der Waals surface area contributed by atoms with E-state index in [1.165, 1.54) is 12.8 Å². The summed E-state index contributed by atoms with van der Waals surface area (Å²) in [6.45, 7) is 4.35. The van der Waals surface area contributed by atoms with E-state index >= 15 is 0 Å². The fraction of sp³-hybridized carbons (Fsp3) is 0.571. The number of anilines is 1. The number of hydrogen-bond donors (Lipinski definition) is 1. The molecule has 4 heteroatoms. The Labute approximate surface area is 114 Å². The molecule has 1 aromatic rings. The Morgan fingerprint density at radius 2 is 1.89 bits per heavy atom. The van der Waals surface area contributed by atoms with Crippen LogP contribution in [0.1, 0.15) is 33.1 Å². The lowest BCUT2D eigenvalue weighted by Crippen LogP contribution is -2.15. The number of methoxy groups -OCH3 is 2. The molecule has 0 radical (unpaired) electrons. The van der Waals surface area contributed by atoms with E-state index in [9.17, 15) is 0 Å². The van der Waals surface area contributed by atoms with Crippen molar-refractivity contribution in [3.05, 3.63) is 17.2 Å². The lowest BCUT2D eigenvalue weighted by Gasteiger charge is -2.18. The molecule has 0 aliphatic carbocycles. The number of rotatable bonds is 7. The molecule has 0 aliphatic heterocycles. The summed E-state index contributed by atoms with van der Waals surface area (Å²) in [7, 11) is 3.24. The number of benzene rings is 1. The number of unbranched alkanes of at least 4 members (excludes halogenated alkanes) is 1. The number of ether oxygens (including phenoxy) is 2. The quantitative estimate of drug-likeness (QED) is 0.800. The highest BCUT2D eigenvalue weighted by atomic mass is 35.5. The standard InChI is InChI=1S/C14H22ClNO2/c1-5-6-7-10(2)16-12-8-11(15)13(17-3)9-14(12)18-4/h8-10,16H,5-7H2,1-4H3. The van der Waals surface area contributed by atoms with Crippen molar-refractivity contribution < 1.29 is 9.47 Å². The zero-order valence-corrected chi connectivity index (χ0v) is 12.3. The Balaban J connectivity index is 2.84. The lowest BCUT2D eigenvalue weighted by atomic mass is 10.1. The summed E-state index contributed by atoms with van der Waals surface area (Å²) in [6, 6.07) is 4.04. The van der Waals surface area contributed by atoms with Gasteiger partial charge in [-0.05, 0) is 19.4 Å². The van der Waals surface area contributed by atoms with Crippen LogP contribution in [-0.2, 0) is 0 Å². The molecule has 1 aromatic carbocycles. The first-order valence-electron chi connectivity index (χ1n) is 6.30. The summed E-state index contributed by atoms with van der Waals surface area (Å²) in [5, 5.41) is 4.01. The minimum atomic E-state index is 0.392. The maximum atomic E-state index is 6.13. The number of halogens is 1. The van der Waals surface area contributed by atoms with Crippen molar-refractivity contribution in [1.82, 2.24) is 0 Å². The molecule has 102 valence electrons. The van der Waals surface area contributed by atoms with Crippen LogP contribution in [0.25, 0.3) is 0 Å². The van der Waals surface area contributed by atoms with Crippen molar-refractivity contribution in [3.8, 4) is 11.5 Å². The molecule has 0 aliphatic rings. The molecule has 1 rings (SSSR count). The van der Waals surface area contributed by atoms with E-state index in [1.54, 1.807) is 20.3 Å². The predicted octanol–water partition coefficient (Wildman–Crippen LogP) is 4.35. The van der Waals surface area contributed by atoms with Crippen LogP contribution in [0.2, 0.25) is 5.02 Å². The first-order chi connectivity index (χ1) is 8.62. The molecule has 0 bridgehead atoms. The summed E-state index contributed by atoms with van der Waals surface area (Å²) >= 11 is 6.13. The Morgan fingerprint density at radius 3 is 2.44 bits per heavy atom. The minimum absolute atomic E-state index is 0.392. The molecule has 0 amide bonds. The average Bonchev–Trinajstić information content (AvgIpc) is 2.36. The summed E-state index contributed by atoms with van der Waals surface area (Å²) in [6.07, 6.45) is 3.54. The second-order valence-electron chi connectivity index (χ2n) is 4.37. The molecule has 0 saturated heterocycles. The van der Waals surface area contributed by atoms with Crippen LogP contribution in [0, 0.1) is 0 Å². The van der Waals surface area contributed by atoms with Gasteiger partial charge in [-0.3, -0.25) is 0 Å². The molecule has 1 N–H and O–H groups in total. The molecule has 1 unspecified atom stereocenters. The van der Waals surface area contributed by atoms with Gasteiger partial charge in [0, 0.05) is 12.1 Å². The highest BCUT2D eigenvalue weighted by molar-refractivity contribution is 6.32. The third kappa shape index (κ3) is 3.98. The van der Waals surface area contributed by atoms with Crippen LogP contribution in [0.5, 0.6) is 11.5 Å². The van der Waals surface area contributed by atoms with Crippen molar-refractivity contribution in [1.29, 1.82) is 0 Å². The normalized spacial score (nSPS) is 12.1. The highest BCUT2D eigenvalue weighted by Crippen LogP contribution is 2.36. The van der Waals surface area contributed by atoms with Gasteiger partial charge in [0.2, 0.25) is 0 Å². The Kier molecular flexibility index (Phi) is 6.13. The first kappa shape index (κ1) is 15.0. The van der Waals surface area contributed by atoms with E-state index in [4.69, 9.17) is 21.1 Å².